The number of nitrogens with one attached hydrogen (secondary N) is 1. The number of guanidine groups is 1. The maximum atomic E-state index is 4.45. The molecule has 2 heterocycles. The van der Waals surface area contributed by atoms with E-state index in [0.29, 0.717) is 0 Å². The number of hydrogen-bond donors (Lipinski definition) is 1. The molecule has 0 radical (unpaired) electrons. The van der Waals surface area contributed by atoms with Crippen molar-refractivity contribution in [2.24, 2.45) is 23.9 Å². The Balaban J connectivity index is 1.59. The number of aliphatic imine (C=N–C) groups is 1. The van der Waals surface area contributed by atoms with Crippen molar-refractivity contribution < 1.29 is 0 Å². The van der Waals surface area contributed by atoms with Crippen LogP contribution in [0.5, 0.6) is 0 Å². The van der Waals surface area contributed by atoms with Crippen LogP contribution >= 0.6 is 0 Å². The maximum Gasteiger partial charge on any atom is 0.194 e. The highest BCUT2D eigenvalue weighted by molar-refractivity contribution is 5.80. The molecular formula is C15H25N5. The number of imidazole rings is 1. The van der Waals surface area contributed by atoms with Crippen LogP contribution in [-0.4, -0.2) is 40.5 Å². The van der Waals surface area contributed by atoms with E-state index < -0.39 is 0 Å². The summed E-state index contributed by atoms with van der Waals surface area (Å²) in [7, 11) is 3.90. The zero-order valence-corrected chi connectivity index (χ0v) is 12.5. The van der Waals surface area contributed by atoms with E-state index in [1.165, 1.54) is 38.8 Å². The van der Waals surface area contributed by atoms with E-state index >= 15 is 0 Å². The molecule has 110 valence electrons. The fourth-order valence-electron chi connectivity index (χ4n) is 3.64. The maximum absolute atomic E-state index is 4.45. The van der Waals surface area contributed by atoms with E-state index in [2.05, 4.69) is 20.2 Å². The summed E-state index contributed by atoms with van der Waals surface area (Å²) in [4.78, 5) is 11.2. The van der Waals surface area contributed by atoms with E-state index in [1.54, 1.807) is 0 Å². The Morgan fingerprint density at radius 3 is 2.60 bits per heavy atom. The van der Waals surface area contributed by atoms with E-state index in [0.717, 1.165) is 30.2 Å². The molecule has 2 atom stereocenters. The van der Waals surface area contributed by atoms with Gasteiger partial charge in [-0.25, -0.2) is 4.98 Å². The SMILES string of the molecule is CN=C(NCc1nccn1C)N1CC2CCCCC2C1. The number of rotatable bonds is 2. The molecule has 1 aliphatic carbocycles. The summed E-state index contributed by atoms with van der Waals surface area (Å²) in [5.74, 6) is 3.84. The predicted molar refractivity (Wildman–Crippen MR) is 80.4 cm³/mol. The highest BCUT2D eigenvalue weighted by Crippen LogP contribution is 2.35. The molecule has 1 aromatic heterocycles. The average Bonchev–Trinajstić information content (AvgIpc) is 3.06. The molecule has 2 unspecified atom stereocenters. The van der Waals surface area contributed by atoms with Crippen molar-refractivity contribution in [2.75, 3.05) is 20.1 Å². The number of fused-ring (bicyclic) bond motifs is 1. The van der Waals surface area contributed by atoms with Crippen molar-refractivity contribution in [3.05, 3.63) is 18.2 Å². The lowest BCUT2D eigenvalue weighted by molar-refractivity contribution is 0.299. The van der Waals surface area contributed by atoms with Crippen molar-refractivity contribution in [1.29, 1.82) is 0 Å². The number of nitrogens with zero attached hydrogens (tertiary/aromatic N) is 4. The minimum absolute atomic E-state index is 0.738. The number of aromatic nitrogens is 2. The summed E-state index contributed by atoms with van der Waals surface area (Å²) in [5.41, 5.74) is 0. The Morgan fingerprint density at radius 1 is 1.35 bits per heavy atom. The van der Waals surface area contributed by atoms with Crippen LogP contribution in [0, 0.1) is 11.8 Å². The first-order valence-corrected chi connectivity index (χ1v) is 7.69. The van der Waals surface area contributed by atoms with Gasteiger partial charge in [0.1, 0.15) is 5.82 Å². The van der Waals surface area contributed by atoms with Crippen LogP contribution in [-0.2, 0) is 13.6 Å². The molecule has 5 nitrogen and oxygen atoms in total. The Morgan fingerprint density at radius 2 is 2.05 bits per heavy atom. The standard InChI is InChI=1S/C15H25N5/c1-16-15(18-9-14-17-7-8-19(14)2)20-10-12-5-3-4-6-13(12)11-20/h7-8,12-13H,3-6,9-11H2,1-2H3,(H,16,18). The molecule has 2 aliphatic rings. The summed E-state index contributed by atoms with van der Waals surface area (Å²) in [6.45, 7) is 3.08. The molecule has 1 aliphatic heterocycles. The first-order chi connectivity index (χ1) is 9.78. The van der Waals surface area contributed by atoms with E-state index in [4.69, 9.17) is 0 Å². The van der Waals surface area contributed by atoms with Gasteiger partial charge in [0.05, 0.1) is 6.54 Å². The molecule has 1 N–H and O–H groups in total. The van der Waals surface area contributed by atoms with Crippen LogP contribution in [0.4, 0.5) is 0 Å². The number of hydrogen-bond acceptors (Lipinski definition) is 2. The third kappa shape index (κ3) is 2.67. The highest BCUT2D eigenvalue weighted by Gasteiger charge is 2.35. The summed E-state index contributed by atoms with van der Waals surface area (Å²) in [6.07, 6.45) is 9.44. The quantitative estimate of drug-likeness (QED) is 0.659. The summed E-state index contributed by atoms with van der Waals surface area (Å²) >= 11 is 0. The molecule has 0 bridgehead atoms. The molecule has 1 saturated carbocycles. The van der Waals surface area contributed by atoms with Gasteiger partial charge >= 0.3 is 0 Å². The fraction of sp³-hybridized carbons (Fsp3) is 0.733. The molecule has 1 saturated heterocycles. The van der Waals surface area contributed by atoms with Crippen LogP contribution in [0.2, 0.25) is 0 Å². The summed E-state index contributed by atoms with van der Waals surface area (Å²) in [6, 6.07) is 0. The zero-order valence-electron chi connectivity index (χ0n) is 12.5. The normalized spacial score (nSPS) is 26.7. The lowest BCUT2D eigenvalue weighted by Crippen LogP contribution is -2.40. The predicted octanol–water partition coefficient (Wildman–Crippen LogP) is 1.62. The van der Waals surface area contributed by atoms with Gasteiger partial charge in [0.15, 0.2) is 5.96 Å². The monoisotopic (exact) mass is 275 g/mol. The van der Waals surface area contributed by atoms with Crippen molar-refractivity contribution >= 4 is 5.96 Å². The first-order valence-electron chi connectivity index (χ1n) is 7.69. The van der Waals surface area contributed by atoms with E-state index in [1.807, 2.05) is 31.1 Å². The van der Waals surface area contributed by atoms with Gasteiger partial charge in [-0.3, -0.25) is 4.99 Å². The van der Waals surface area contributed by atoms with Gasteiger partial charge in [-0.15, -0.1) is 0 Å². The van der Waals surface area contributed by atoms with E-state index in [9.17, 15) is 0 Å². The second kappa shape index (κ2) is 5.85. The van der Waals surface area contributed by atoms with Gasteiger partial charge in [-0.05, 0) is 24.7 Å². The summed E-state index contributed by atoms with van der Waals surface area (Å²) < 4.78 is 2.05. The smallest absolute Gasteiger partial charge is 0.194 e. The fourth-order valence-corrected chi connectivity index (χ4v) is 3.64. The van der Waals surface area contributed by atoms with Crippen molar-refractivity contribution in [3.8, 4) is 0 Å². The first kappa shape index (κ1) is 13.5. The van der Waals surface area contributed by atoms with Crippen LogP contribution < -0.4 is 5.32 Å². The molecule has 1 aromatic rings. The Hall–Kier alpha value is -1.52. The summed E-state index contributed by atoms with van der Waals surface area (Å²) in [5, 5.41) is 3.46. The van der Waals surface area contributed by atoms with Crippen LogP contribution in [0.15, 0.2) is 17.4 Å². The Labute approximate surface area is 121 Å². The molecule has 0 amide bonds. The van der Waals surface area contributed by atoms with E-state index in [-0.39, 0.29) is 0 Å². The molecule has 20 heavy (non-hydrogen) atoms. The van der Waals surface area contributed by atoms with Crippen LogP contribution in [0.25, 0.3) is 0 Å². The molecule has 0 spiro atoms. The van der Waals surface area contributed by atoms with Gasteiger partial charge in [-0.2, -0.15) is 0 Å². The third-order valence-electron chi connectivity index (χ3n) is 4.81. The van der Waals surface area contributed by atoms with Gasteiger partial charge in [0, 0.05) is 39.6 Å². The minimum atomic E-state index is 0.738. The van der Waals surface area contributed by atoms with Gasteiger partial charge in [0.25, 0.3) is 0 Å². The van der Waals surface area contributed by atoms with Crippen LogP contribution in [0.1, 0.15) is 31.5 Å². The van der Waals surface area contributed by atoms with Crippen molar-refractivity contribution in [2.45, 2.75) is 32.2 Å². The van der Waals surface area contributed by atoms with Gasteiger partial charge in [-0.1, -0.05) is 12.8 Å². The molecule has 3 rings (SSSR count). The second-order valence-electron chi connectivity index (χ2n) is 6.06. The zero-order chi connectivity index (χ0) is 13.9. The minimum Gasteiger partial charge on any atom is -0.349 e. The number of likely N-dealkylation sites (tertiary alicyclic amines) is 1. The lowest BCUT2D eigenvalue weighted by Gasteiger charge is -2.22. The second-order valence-corrected chi connectivity index (χ2v) is 6.06. The number of aryl methyl sites for hydroxylation is 1. The Kier molecular flexibility index (Phi) is 3.94. The van der Waals surface area contributed by atoms with Crippen LogP contribution in [0.3, 0.4) is 0 Å². The topological polar surface area (TPSA) is 45.5 Å². The molecule has 5 heteroatoms. The molecular weight excluding hydrogens is 250 g/mol. The largest absolute Gasteiger partial charge is 0.349 e. The highest BCUT2D eigenvalue weighted by atomic mass is 15.3. The van der Waals surface area contributed by atoms with Gasteiger partial charge < -0.3 is 14.8 Å². The lowest BCUT2D eigenvalue weighted by atomic mass is 9.82. The average molecular weight is 275 g/mol. The molecule has 2 fully saturated rings. The third-order valence-corrected chi connectivity index (χ3v) is 4.81. The Bertz CT molecular complexity index is 464. The molecule has 0 aromatic carbocycles. The van der Waals surface area contributed by atoms with Crippen molar-refractivity contribution in [1.82, 2.24) is 19.8 Å². The van der Waals surface area contributed by atoms with Gasteiger partial charge in [0.2, 0.25) is 0 Å². The van der Waals surface area contributed by atoms with Crippen molar-refractivity contribution in [3.63, 3.8) is 0 Å².